The number of unbranched alkanes of at least 4 members (excludes halogenated alkanes) is 2. The van der Waals surface area contributed by atoms with E-state index in [0.29, 0.717) is 0 Å². The number of hydrogen-bond acceptors (Lipinski definition) is 3. The second-order valence-corrected chi connectivity index (χ2v) is 4.84. The van der Waals surface area contributed by atoms with Gasteiger partial charge in [0.25, 0.3) is 0 Å². The summed E-state index contributed by atoms with van der Waals surface area (Å²) >= 11 is 0. The molecule has 1 saturated heterocycles. The van der Waals surface area contributed by atoms with Crippen molar-refractivity contribution in [1.82, 2.24) is 9.80 Å². The Morgan fingerprint density at radius 3 is 2.11 bits per heavy atom. The number of carboxylic acid groups (broad SMARTS) is 1. The summed E-state index contributed by atoms with van der Waals surface area (Å²) < 4.78 is 0. The zero-order valence-corrected chi connectivity index (χ0v) is 11.1. The molecule has 0 amide bonds. The number of piperazine rings is 1. The third-order valence-corrected chi connectivity index (χ3v) is 3.38. The SMILES string of the molecule is C#CCCCCN1CCN(CCCC(=O)O)CC1. The highest BCUT2D eigenvalue weighted by Crippen LogP contribution is 2.05. The van der Waals surface area contributed by atoms with Crippen molar-refractivity contribution in [2.24, 2.45) is 0 Å². The van der Waals surface area contributed by atoms with Crippen molar-refractivity contribution in [3.63, 3.8) is 0 Å². The molecule has 0 aromatic rings. The van der Waals surface area contributed by atoms with Crippen LogP contribution < -0.4 is 0 Å². The van der Waals surface area contributed by atoms with Crippen LogP contribution in [0.3, 0.4) is 0 Å². The van der Waals surface area contributed by atoms with Crippen LogP contribution in [-0.2, 0) is 4.79 Å². The molecule has 0 bridgehead atoms. The van der Waals surface area contributed by atoms with Gasteiger partial charge in [-0.25, -0.2) is 0 Å². The lowest BCUT2D eigenvalue weighted by Crippen LogP contribution is -2.46. The van der Waals surface area contributed by atoms with Gasteiger partial charge in [0, 0.05) is 39.0 Å². The predicted octanol–water partition coefficient (Wildman–Crippen LogP) is 1.27. The van der Waals surface area contributed by atoms with E-state index in [0.717, 1.165) is 58.5 Å². The molecule has 0 saturated carbocycles. The smallest absolute Gasteiger partial charge is 0.303 e. The van der Waals surface area contributed by atoms with Gasteiger partial charge < -0.3 is 14.9 Å². The summed E-state index contributed by atoms with van der Waals surface area (Å²) in [5.41, 5.74) is 0. The van der Waals surface area contributed by atoms with Crippen molar-refractivity contribution >= 4 is 5.97 Å². The molecule has 4 nitrogen and oxygen atoms in total. The molecule has 0 radical (unpaired) electrons. The molecule has 0 unspecified atom stereocenters. The minimum atomic E-state index is -0.692. The number of nitrogens with zero attached hydrogens (tertiary/aromatic N) is 2. The van der Waals surface area contributed by atoms with Crippen LogP contribution in [0.1, 0.15) is 32.1 Å². The molecular weight excluding hydrogens is 228 g/mol. The number of carbonyl (C=O) groups is 1. The number of terminal acetylenes is 1. The van der Waals surface area contributed by atoms with E-state index < -0.39 is 5.97 Å². The van der Waals surface area contributed by atoms with Gasteiger partial charge in [0.05, 0.1) is 0 Å². The Kier molecular flexibility index (Phi) is 7.47. The van der Waals surface area contributed by atoms with E-state index in [4.69, 9.17) is 11.5 Å². The van der Waals surface area contributed by atoms with Crippen LogP contribution in [0.15, 0.2) is 0 Å². The van der Waals surface area contributed by atoms with Gasteiger partial charge in [-0.2, -0.15) is 0 Å². The number of rotatable bonds is 8. The fourth-order valence-corrected chi connectivity index (χ4v) is 2.25. The Morgan fingerprint density at radius 2 is 1.61 bits per heavy atom. The summed E-state index contributed by atoms with van der Waals surface area (Å²) in [5, 5.41) is 8.59. The summed E-state index contributed by atoms with van der Waals surface area (Å²) in [5.74, 6) is 1.98. The Labute approximate surface area is 110 Å². The van der Waals surface area contributed by atoms with Crippen LogP contribution in [0.2, 0.25) is 0 Å². The van der Waals surface area contributed by atoms with Crippen molar-refractivity contribution in [1.29, 1.82) is 0 Å². The first-order chi connectivity index (χ1) is 8.72. The van der Waals surface area contributed by atoms with Crippen LogP contribution in [0.4, 0.5) is 0 Å². The summed E-state index contributed by atoms with van der Waals surface area (Å²) in [7, 11) is 0. The number of carboxylic acids is 1. The van der Waals surface area contributed by atoms with E-state index >= 15 is 0 Å². The quantitative estimate of drug-likeness (QED) is 0.522. The van der Waals surface area contributed by atoms with Gasteiger partial charge in [0.1, 0.15) is 0 Å². The minimum absolute atomic E-state index is 0.284. The first kappa shape index (κ1) is 15.0. The Hall–Kier alpha value is -1.05. The van der Waals surface area contributed by atoms with Gasteiger partial charge in [-0.05, 0) is 32.4 Å². The fraction of sp³-hybridized carbons (Fsp3) is 0.786. The molecule has 0 atom stereocenters. The molecule has 1 heterocycles. The number of hydrogen-bond donors (Lipinski definition) is 1. The van der Waals surface area contributed by atoms with Crippen molar-refractivity contribution in [2.75, 3.05) is 39.3 Å². The van der Waals surface area contributed by atoms with Crippen LogP contribution in [0, 0.1) is 12.3 Å². The van der Waals surface area contributed by atoms with E-state index in [1.807, 2.05) is 0 Å². The molecule has 0 aromatic carbocycles. The summed E-state index contributed by atoms with van der Waals surface area (Å²) in [6.07, 6.45) is 9.46. The lowest BCUT2D eigenvalue weighted by Gasteiger charge is -2.34. The number of aliphatic carboxylic acids is 1. The average Bonchev–Trinajstić information content (AvgIpc) is 2.36. The molecular formula is C14H24N2O2. The third kappa shape index (κ3) is 6.63. The van der Waals surface area contributed by atoms with Crippen LogP contribution in [0.25, 0.3) is 0 Å². The molecule has 1 rings (SSSR count). The maximum absolute atomic E-state index is 10.4. The van der Waals surface area contributed by atoms with Crippen LogP contribution in [0.5, 0.6) is 0 Å². The average molecular weight is 252 g/mol. The van der Waals surface area contributed by atoms with Gasteiger partial charge in [-0.15, -0.1) is 12.3 Å². The molecule has 18 heavy (non-hydrogen) atoms. The third-order valence-electron chi connectivity index (χ3n) is 3.38. The van der Waals surface area contributed by atoms with E-state index in [-0.39, 0.29) is 6.42 Å². The highest BCUT2D eigenvalue weighted by Gasteiger charge is 2.15. The molecule has 1 N–H and O–H groups in total. The van der Waals surface area contributed by atoms with Gasteiger partial charge in [-0.3, -0.25) is 4.79 Å². The lowest BCUT2D eigenvalue weighted by atomic mass is 10.2. The second kappa shape index (κ2) is 8.96. The van der Waals surface area contributed by atoms with E-state index in [1.54, 1.807) is 0 Å². The zero-order valence-electron chi connectivity index (χ0n) is 11.1. The standard InChI is InChI=1S/C14H24N2O2/c1-2-3-4-5-8-15-10-12-16(13-11-15)9-6-7-14(17)18/h1H,3-13H2,(H,17,18). The molecule has 1 fully saturated rings. The molecule has 0 aliphatic carbocycles. The Bertz CT molecular complexity index is 278. The molecule has 1 aliphatic heterocycles. The van der Waals surface area contributed by atoms with E-state index in [1.165, 1.54) is 6.42 Å². The highest BCUT2D eigenvalue weighted by molar-refractivity contribution is 5.66. The van der Waals surface area contributed by atoms with Crippen molar-refractivity contribution in [2.45, 2.75) is 32.1 Å². The van der Waals surface area contributed by atoms with Crippen molar-refractivity contribution in [3.05, 3.63) is 0 Å². The monoisotopic (exact) mass is 252 g/mol. The normalized spacial score (nSPS) is 17.5. The Balaban J connectivity index is 2.02. The maximum atomic E-state index is 10.4. The highest BCUT2D eigenvalue weighted by atomic mass is 16.4. The first-order valence-electron chi connectivity index (χ1n) is 6.82. The van der Waals surface area contributed by atoms with Crippen molar-refractivity contribution in [3.8, 4) is 12.3 Å². The summed E-state index contributed by atoms with van der Waals surface area (Å²) in [6.45, 7) is 6.39. The van der Waals surface area contributed by atoms with E-state index in [2.05, 4.69) is 15.7 Å². The van der Waals surface area contributed by atoms with Crippen LogP contribution in [-0.4, -0.2) is 60.1 Å². The topological polar surface area (TPSA) is 43.8 Å². The maximum Gasteiger partial charge on any atom is 0.303 e. The fourth-order valence-electron chi connectivity index (χ4n) is 2.25. The van der Waals surface area contributed by atoms with Crippen molar-refractivity contribution < 1.29 is 9.90 Å². The predicted molar refractivity (Wildman–Crippen MR) is 72.4 cm³/mol. The molecule has 102 valence electrons. The van der Waals surface area contributed by atoms with E-state index in [9.17, 15) is 4.79 Å². The van der Waals surface area contributed by atoms with Gasteiger partial charge in [-0.1, -0.05) is 0 Å². The van der Waals surface area contributed by atoms with Gasteiger partial charge in [0.15, 0.2) is 0 Å². The first-order valence-corrected chi connectivity index (χ1v) is 6.82. The summed E-state index contributed by atoms with van der Waals surface area (Å²) in [4.78, 5) is 15.3. The molecule has 4 heteroatoms. The second-order valence-electron chi connectivity index (χ2n) is 4.84. The minimum Gasteiger partial charge on any atom is -0.481 e. The summed E-state index contributed by atoms with van der Waals surface area (Å²) in [6, 6.07) is 0. The zero-order chi connectivity index (χ0) is 13.2. The van der Waals surface area contributed by atoms with Crippen LogP contribution >= 0.6 is 0 Å². The molecule has 0 spiro atoms. The van der Waals surface area contributed by atoms with Gasteiger partial charge in [0.2, 0.25) is 0 Å². The largest absolute Gasteiger partial charge is 0.481 e. The molecule has 0 aromatic heterocycles. The lowest BCUT2D eigenvalue weighted by molar-refractivity contribution is -0.137. The van der Waals surface area contributed by atoms with Gasteiger partial charge >= 0.3 is 5.97 Å². The molecule has 1 aliphatic rings. The Morgan fingerprint density at radius 1 is 1.06 bits per heavy atom.